The zero-order valence-electron chi connectivity index (χ0n) is 11.4. The van der Waals surface area contributed by atoms with Crippen molar-refractivity contribution in [2.45, 2.75) is 6.42 Å². The van der Waals surface area contributed by atoms with Crippen LogP contribution < -0.4 is 10.6 Å². The minimum absolute atomic E-state index is 0.0754. The molecule has 0 aliphatic carbocycles. The molecular weight excluding hydrogens is 312 g/mol. The van der Waals surface area contributed by atoms with Crippen molar-refractivity contribution in [1.82, 2.24) is 15.3 Å². The molecule has 2 aromatic rings. The van der Waals surface area contributed by atoms with Gasteiger partial charge in [-0.25, -0.2) is 9.97 Å². The van der Waals surface area contributed by atoms with Crippen molar-refractivity contribution in [3.63, 3.8) is 0 Å². The molecule has 0 aromatic carbocycles. The smallest absolute Gasteiger partial charge is 0.226 e. The maximum Gasteiger partial charge on any atom is 0.226 e. The van der Waals surface area contributed by atoms with E-state index in [1.54, 1.807) is 25.4 Å². The van der Waals surface area contributed by atoms with Crippen LogP contribution in [0.4, 0.5) is 10.9 Å². The number of nitrogens with zero attached hydrogens (tertiary/aromatic N) is 2. The number of rotatable bonds is 7. The van der Waals surface area contributed by atoms with Crippen LogP contribution in [0.1, 0.15) is 5.69 Å². The Morgan fingerprint density at radius 2 is 2.33 bits per heavy atom. The lowest BCUT2D eigenvalue weighted by atomic mass is 10.3. The maximum absolute atomic E-state index is 11.6. The molecule has 0 spiro atoms. The highest BCUT2D eigenvalue weighted by molar-refractivity contribution is 7.13. The van der Waals surface area contributed by atoms with Gasteiger partial charge in [-0.3, -0.25) is 4.79 Å². The molecule has 21 heavy (non-hydrogen) atoms. The Morgan fingerprint density at radius 1 is 1.48 bits per heavy atom. The van der Waals surface area contributed by atoms with Crippen LogP contribution in [0.15, 0.2) is 23.7 Å². The SMILES string of the molecule is COCCNC(=O)Cc1csc(Nc2ccc(Cl)cn2)n1. The van der Waals surface area contributed by atoms with Gasteiger partial charge in [0.25, 0.3) is 0 Å². The van der Waals surface area contributed by atoms with E-state index in [1.807, 2.05) is 5.38 Å². The van der Waals surface area contributed by atoms with E-state index < -0.39 is 0 Å². The molecule has 0 bridgehead atoms. The van der Waals surface area contributed by atoms with Crippen molar-refractivity contribution in [3.05, 3.63) is 34.4 Å². The Morgan fingerprint density at radius 3 is 3.05 bits per heavy atom. The van der Waals surface area contributed by atoms with E-state index >= 15 is 0 Å². The number of methoxy groups -OCH3 is 1. The van der Waals surface area contributed by atoms with Gasteiger partial charge < -0.3 is 15.4 Å². The molecule has 1 amide bonds. The first-order valence-electron chi connectivity index (χ1n) is 6.26. The standard InChI is InChI=1S/C13H15ClN4O2S/c1-20-5-4-15-12(19)6-10-8-21-13(17-10)18-11-3-2-9(14)7-16-11/h2-3,7-8H,4-6H2,1H3,(H,15,19)(H,16,17,18). The van der Waals surface area contributed by atoms with Crippen molar-refractivity contribution in [3.8, 4) is 0 Å². The fraction of sp³-hybridized carbons (Fsp3) is 0.308. The average Bonchev–Trinajstić information content (AvgIpc) is 2.89. The fourth-order valence-corrected chi connectivity index (χ4v) is 2.35. The van der Waals surface area contributed by atoms with Crippen molar-refractivity contribution in [2.75, 3.05) is 25.6 Å². The Kier molecular flexibility index (Phi) is 5.91. The summed E-state index contributed by atoms with van der Waals surface area (Å²) in [4.78, 5) is 20.1. The Hall–Kier alpha value is -1.70. The Balaban J connectivity index is 1.86. The largest absolute Gasteiger partial charge is 0.383 e. The topological polar surface area (TPSA) is 76.1 Å². The summed E-state index contributed by atoms with van der Waals surface area (Å²) in [7, 11) is 1.59. The maximum atomic E-state index is 11.6. The van der Waals surface area contributed by atoms with Gasteiger partial charge >= 0.3 is 0 Å². The monoisotopic (exact) mass is 326 g/mol. The number of amides is 1. The Labute approximate surface area is 131 Å². The number of carbonyl (C=O) groups excluding carboxylic acids is 1. The number of halogens is 1. The quantitative estimate of drug-likeness (QED) is 0.763. The van der Waals surface area contributed by atoms with Gasteiger partial charge in [0.2, 0.25) is 5.91 Å². The van der Waals surface area contributed by atoms with Gasteiger partial charge in [0.1, 0.15) is 5.82 Å². The predicted octanol–water partition coefficient (Wildman–Crippen LogP) is 2.24. The molecule has 2 N–H and O–H groups in total. The summed E-state index contributed by atoms with van der Waals surface area (Å²) in [6.45, 7) is 0.997. The highest BCUT2D eigenvalue weighted by Crippen LogP contribution is 2.20. The summed E-state index contributed by atoms with van der Waals surface area (Å²) in [6, 6.07) is 3.51. The van der Waals surface area contributed by atoms with Crippen LogP contribution in [0.3, 0.4) is 0 Å². The minimum atomic E-state index is -0.0754. The lowest BCUT2D eigenvalue weighted by molar-refractivity contribution is -0.120. The zero-order chi connectivity index (χ0) is 15.1. The van der Waals surface area contributed by atoms with Gasteiger partial charge in [-0.15, -0.1) is 11.3 Å². The third-order valence-electron chi connectivity index (χ3n) is 2.48. The fourth-order valence-electron chi connectivity index (χ4n) is 1.52. The van der Waals surface area contributed by atoms with Crippen molar-refractivity contribution in [2.24, 2.45) is 0 Å². The van der Waals surface area contributed by atoms with Crippen LogP contribution in [-0.4, -0.2) is 36.1 Å². The van der Waals surface area contributed by atoms with Gasteiger partial charge in [-0.1, -0.05) is 11.6 Å². The summed E-state index contributed by atoms with van der Waals surface area (Å²) >= 11 is 7.19. The molecule has 2 rings (SSSR count). The predicted molar refractivity (Wildman–Crippen MR) is 83.2 cm³/mol. The number of aromatic nitrogens is 2. The van der Waals surface area contributed by atoms with Crippen molar-refractivity contribution >= 4 is 39.8 Å². The molecule has 0 fully saturated rings. The highest BCUT2D eigenvalue weighted by atomic mass is 35.5. The molecule has 0 atom stereocenters. The number of thiazole rings is 1. The van der Waals surface area contributed by atoms with Gasteiger partial charge in [0.15, 0.2) is 5.13 Å². The van der Waals surface area contributed by atoms with Gasteiger partial charge in [-0.2, -0.15) is 0 Å². The van der Waals surface area contributed by atoms with Gasteiger partial charge in [0, 0.05) is 25.2 Å². The second-order valence-electron chi connectivity index (χ2n) is 4.15. The second kappa shape index (κ2) is 7.92. The summed E-state index contributed by atoms with van der Waals surface area (Å²) in [5.74, 6) is 0.582. The normalized spacial score (nSPS) is 10.4. The molecule has 0 aliphatic rings. The van der Waals surface area contributed by atoms with Crippen LogP contribution in [0.5, 0.6) is 0 Å². The van der Waals surface area contributed by atoms with Crippen LogP contribution >= 0.6 is 22.9 Å². The van der Waals surface area contributed by atoms with E-state index in [0.29, 0.717) is 34.8 Å². The third kappa shape index (κ3) is 5.30. The molecule has 0 radical (unpaired) electrons. The molecule has 2 heterocycles. The third-order valence-corrected chi connectivity index (χ3v) is 3.51. The van der Waals surface area contributed by atoms with Crippen LogP contribution in [-0.2, 0) is 16.0 Å². The lowest BCUT2D eigenvalue weighted by Crippen LogP contribution is -2.28. The van der Waals surface area contributed by atoms with E-state index in [2.05, 4.69) is 20.6 Å². The number of anilines is 2. The van der Waals surface area contributed by atoms with E-state index in [9.17, 15) is 4.79 Å². The number of pyridine rings is 1. The summed E-state index contributed by atoms with van der Waals surface area (Å²) < 4.78 is 4.87. The first-order chi connectivity index (χ1) is 10.2. The molecule has 0 saturated carbocycles. The number of nitrogens with one attached hydrogen (secondary N) is 2. The number of carbonyl (C=O) groups is 1. The molecular formula is C13H15ClN4O2S. The van der Waals surface area contributed by atoms with E-state index in [-0.39, 0.29) is 12.3 Å². The van der Waals surface area contributed by atoms with Crippen LogP contribution in [0, 0.1) is 0 Å². The molecule has 0 aliphatic heterocycles. The zero-order valence-corrected chi connectivity index (χ0v) is 13.0. The summed E-state index contributed by atoms with van der Waals surface area (Å²) in [5, 5.41) is 8.92. The van der Waals surface area contributed by atoms with Gasteiger partial charge in [0.05, 0.1) is 23.7 Å². The molecule has 0 saturated heterocycles. The molecule has 6 nitrogen and oxygen atoms in total. The molecule has 0 unspecified atom stereocenters. The first-order valence-corrected chi connectivity index (χ1v) is 7.52. The van der Waals surface area contributed by atoms with Crippen LogP contribution in [0.2, 0.25) is 5.02 Å². The van der Waals surface area contributed by atoms with Crippen LogP contribution in [0.25, 0.3) is 0 Å². The average molecular weight is 327 g/mol. The number of hydrogen-bond donors (Lipinski definition) is 2. The van der Waals surface area contributed by atoms with E-state index in [4.69, 9.17) is 16.3 Å². The summed E-state index contributed by atoms with van der Waals surface area (Å²) in [5.41, 5.74) is 0.714. The first kappa shape index (κ1) is 15.7. The second-order valence-corrected chi connectivity index (χ2v) is 5.44. The lowest BCUT2D eigenvalue weighted by Gasteiger charge is -2.02. The van der Waals surface area contributed by atoms with E-state index in [1.165, 1.54) is 11.3 Å². The molecule has 112 valence electrons. The molecule has 8 heteroatoms. The number of ether oxygens (including phenoxy) is 1. The van der Waals surface area contributed by atoms with Crippen molar-refractivity contribution < 1.29 is 9.53 Å². The Bertz CT molecular complexity index is 588. The molecule has 2 aromatic heterocycles. The highest BCUT2D eigenvalue weighted by Gasteiger charge is 2.08. The number of hydrogen-bond acceptors (Lipinski definition) is 6. The minimum Gasteiger partial charge on any atom is -0.383 e. The van der Waals surface area contributed by atoms with Crippen molar-refractivity contribution in [1.29, 1.82) is 0 Å². The summed E-state index contributed by atoms with van der Waals surface area (Å²) in [6.07, 6.45) is 1.80. The van der Waals surface area contributed by atoms with E-state index in [0.717, 1.165) is 0 Å². The van der Waals surface area contributed by atoms with Gasteiger partial charge in [-0.05, 0) is 12.1 Å².